The van der Waals surface area contributed by atoms with Gasteiger partial charge >= 0.3 is 12.0 Å². The summed E-state index contributed by atoms with van der Waals surface area (Å²) >= 11 is 7.09. The molecule has 0 saturated carbocycles. The fraction of sp³-hybridized carbons (Fsp3) is 0.0909. The molecule has 0 radical (unpaired) electrons. The fourth-order valence-electron chi connectivity index (χ4n) is 1.46. The minimum Gasteiger partial charge on any atom is -0.496 e. The standard InChI is InChI=1S/C11H9ClN4O4S/c1-20-8-3-7(6(12)2-5(8)9(17)18)14-10(19)15-11-16-13-4-21-11/h2-4H,1H3,(H,17,18)(H2,14,15,16,19). The second-order valence-electron chi connectivity index (χ2n) is 3.66. The number of nitrogens with one attached hydrogen (secondary N) is 2. The summed E-state index contributed by atoms with van der Waals surface area (Å²) < 4.78 is 4.96. The van der Waals surface area contributed by atoms with Crippen molar-refractivity contribution in [1.29, 1.82) is 0 Å². The Morgan fingerprint density at radius 3 is 2.71 bits per heavy atom. The zero-order chi connectivity index (χ0) is 15.4. The van der Waals surface area contributed by atoms with Crippen molar-refractivity contribution in [2.24, 2.45) is 0 Å². The lowest BCUT2D eigenvalue weighted by atomic mass is 10.2. The molecule has 3 N–H and O–H groups in total. The summed E-state index contributed by atoms with van der Waals surface area (Å²) in [4.78, 5) is 22.8. The lowest BCUT2D eigenvalue weighted by Gasteiger charge is -2.11. The molecule has 1 aromatic carbocycles. The molecule has 0 unspecified atom stereocenters. The first-order valence-electron chi connectivity index (χ1n) is 5.46. The summed E-state index contributed by atoms with van der Waals surface area (Å²) in [6.45, 7) is 0. The zero-order valence-corrected chi connectivity index (χ0v) is 12.2. The van der Waals surface area contributed by atoms with Gasteiger partial charge < -0.3 is 15.2 Å². The van der Waals surface area contributed by atoms with E-state index in [2.05, 4.69) is 20.8 Å². The van der Waals surface area contributed by atoms with Crippen LogP contribution in [0.2, 0.25) is 5.02 Å². The second-order valence-corrected chi connectivity index (χ2v) is 4.90. The highest BCUT2D eigenvalue weighted by atomic mass is 35.5. The molecule has 0 aliphatic carbocycles. The molecule has 110 valence electrons. The minimum absolute atomic E-state index is 0.0700. The molecular formula is C11H9ClN4O4S. The molecule has 0 spiro atoms. The van der Waals surface area contributed by atoms with Crippen molar-refractivity contribution in [3.63, 3.8) is 0 Å². The predicted molar refractivity (Wildman–Crippen MR) is 77.5 cm³/mol. The third-order valence-corrected chi connectivity index (χ3v) is 3.27. The average Bonchev–Trinajstić information content (AvgIpc) is 2.93. The molecule has 0 aliphatic heterocycles. The molecule has 0 bridgehead atoms. The van der Waals surface area contributed by atoms with Crippen LogP contribution in [-0.2, 0) is 0 Å². The maximum Gasteiger partial charge on any atom is 0.339 e. The number of aromatic carboxylic acids is 1. The van der Waals surface area contributed by atoms with Gasteiger partial charge in [0.05, 0.1) is 17.8 Å². The Bertz CT molecular complexity index is 677. The van der Waals surface area contributed by atoms with Crippen LogP contribution in [0, 0.1) is 0 Å². The first-order chi connectivity index (χ1) is 10.0. The van der Waals surface area contributed by atoms with Gasteiger partial charge in [-0.25, -0.2) is 9.59 Å². The molecule has 1 aromatic heterocycles. The number of amides is 2. The quantitative estimate of drug-likeness (QED) is 0.794. The van der Waals surface area contributed by atoms with Crippen molar-refractivity contribution in [2.75, 3.05) is 17.7 Å². The molecule has 1 heterocycles. The van der Waals surface area contributed by atoms with Crippen molar-refractivity contribution in [1.82, 2.24) is 10.2 Å². The Morgan fingerprint density at radius 2 is 2.14 bits per heavy atom. The SMILES string of the molecule is COc1cc(NC(=O)Nc2nncs2)c(Cl)cc1C(=O)O. The number of hydrogen-bond acceptors (Lipinski definition) is 6. The van der Waals surface area contributed by atoms with Gasteiger partial charge in [-0.1, -0.05) is 22.9 Å². The number of carboxylic acid groups (broad SMARTS) is 1. The van der Waals surface area contributed by atoms with Crippen LogP contribution in [0.25, 0.3) is 0 Å². The molecule has 0 atom stereocenters. The van der Waals surface area contributed by atoms with Crippen molar-refractivity contribution in [3.05, 3.63) is 28.2 Å². The van der Waals surface area contributed by atoms with Crippen LogP contribution in [0.3, 0.4) is 0 Å². The van der Waals surface area contributed by atoms with E-state index >= 15 is 0 Å². The summed E-state index contributed by atoms with van der Waals surface area (Å²) in [6, 6.07) is 1.94. The van der Waals surface area contributed by atoms with Gasteiger partial charge in [0.25, 0.3) is 0 Å². The Hall–Kier alpha value is -2.39. The maximum absolute atomic E-state index is 11.8. The molecule has 21 heavy (non-hydrogen) atoms. The monoisotopic (exact) mass is 328 g/mol. The van der Waals surface area contributed by atoms with Crippen molar-refractivity contribution in [2.45, 2.75) is 0 Å². The Kier molecular flexibility index (Phi) is 4.55. The molecule has 0 fully saturated rings. The lowest BCUT2D eigenvalue weighted by molar-refractivity contribution is 0.0693. The number of hydrogen-bond donors (Lipinski definition) is 3. The summed E-state index contributed by atoms with van der Waals surface area (Å²) in [5, 5.41) is 21.6. The van der Waals surface area contributed by atoms with Crippen molar-refractivity contribution < 1.29 is 19.4 Å². The van der Waals surface area contributed by atoms with Gasteiger partial charge in [0.15, 0.2) is 0 Å². The number of carbonyl (C=O) groups excluding carboxylic acids is 1. The van der Waals surface area contributed by atoms with Gasteiger partial charge in [0.2, 0.25) is 5.13 Å². The molecular weight excluding hydrogens is 320 g/mol. The Labute approximate surface area is 127 Å². The summed E-state index contributed by atoms with van der Waals surface area (Å²) in [6.07, 6.45) is 0. The molecule has 2 aromatic rings. The average molecular weight is 329 g/mol. The summed E-state index contributed by atoms with van der Waals surface area (Å²) in [5.41, 5.74) is 1.57. The normalized spacial score (nSPS) is 10.0. The number of halogens is 1. The highest BCUT2D eigenvalue weighted by Crippen LogP contribution is 2.31. The van der Waals surface area contributed by atoms with Crippen LogP contribution in [0.5, 0.6) is 5.75 Å². The molecule has 2 rings (SSSR count). The third-order valence-electron chi connectivity index (χ3n) is 2.35. The number of ether oxygens (including phenoxy) is 1. The van der Waals surface area contributed by atoms with Gasteiger partial charge in [-0.15, -0.1) is 10.2 Å². The van der Waals surface area contributed by atoms with E-state index in [9.17, 15) is 9.59 Å². The van der Waals surface area contributed by atoms with Crippen LogP contribution in [-0.4, -0.2) is 34.4 Å². The van der Waals surface area contributed by atoms with E-state index in [-0.39, 0.29) is 22.0 Å². The Morgan fingerprint density at radius 1 is 1.38 bits per heavy atom. The van der Waals surface area contributed by atoms with Gasteiger partial charge in [0.1, 0.15) is 16.8 Å². The fourth-order valence-corrected chi connectivity index (χ4v) is 2.11. The van der Waals surface area contributed by atoms with Crippen LogP contribution >= 0.6 is 22.9 Å². The first kappa shape index (κ1) is 15.0. The minimum atomic E-state index is -1.18. The number of anilines is 2. The number of carboxylic acids is 1. The molecule has 0 aliphatic rings. The Balaban J connectivity index is 2.20. The van der Waals surface area contributed by atoms with E-state index in [0.717, 1.165) is 11.3 Å². The molecule has 2 amide bonds. The van der Waals surface area contributed by atoms with E-state index in [1.165, 1.54) is 24.8 Å². The topological polar surface area (TPSA) is 113 Å². The van der Waals surface area contributed by atoms with Gasteiger partial charge in [0, 0.05) is 6.07 Å². The summed E-state index contributed by atoms with van der Waals surface area (Å²) in [5.74, 6) is -1.10. The van der Waals surface area contributed by atoms with E-state index in [0.29, 0.717) is 5.13 Å². The molecule has 0 saturated heterocycles. The lowest BCUT2D eigenvalue weighted by Crippen LogP contribution is -2.19. The molecule has 10 heteroatoms. The van der Waals surface area contributed by atoms with Gasteiger partial charge in [-0.3, -0.25) is 5.32 Å². The van der Waals surface area contributed by atoms with Gasteiger partial charge in [-0.2, -0.15) is 0 Å². The molecule has 8 nitrogen and oxygen atoms in total. The van der Waals surface area contributed by atoms with Gasteiger partial charge in [-0.05, 0) is 6.07 Å². The predicted octanol–water partition coefficient (Wildman–Crippen LogP) is 2.54. The maximum atomic E-state index is 11.8. The van der Waals surface area contributed by atoms with Crippen LogP contribution in [0.1, 0.15) is 10.4 Å². The second kappa shape index (κ2) is 6.37. The van der Waals surface area contributed by atoms with E-state index in [4.69, 9.17) is 21.4 Å². The largest absolute Gasteiger partial charge is 0.496 e. The van der Waals surface area contributed by atoms with Crippen LogP contribution < -0.4 is 15.4 Å². The summed E-state index contributed by atoms with van der Waals surface area (Å²) in [7, 11) is 1.32. The number of nitrogens with zero attached hydrogens (tertiary/aromatic N) is 2. The number of benzene rings is 1. The number of methoxy groups -OCH3 is 1. The third kappa shape index (κ3) is 3.58. The van der Waals surface area contributed by atoms with E-state index < -0.39 is 12.0 Å². The van der Waals surface area contributed by atoms with Crippen molar-refractivity contribution in [3.8, 4) is 5.75 Å². The smallest absolute Gasteiger partial charge is 0.339 e. The van der Waals surface area contributed by atoms with Crippen molar-refractivity contribution >= 4 is 45.8 Å². The van der Waals surface area contributed by atoms with E-state index in [1.54, 1.807) is 0 Å². The van der Waals surface area contributed by atoms with Crippen LogP contribution in [0.4, 0.5) is 15.6 Å². The number of carbonyl (C=O) groups is 2. The highest BCUT2D eigenvalue weighted by molar-refractivity contribution is 7.13. The van der Waals surface area contributed by atoms with Crippen LogP contribution in [0.15, 0.2) is 17.6 Å². The number of urea groups is 1. The zero-order valence-electron chi connectivity index (χ0n) is 10.6. The number of aromatic nitrogens is 2. The first-order valence-corrected chi connectivity index (χ1v) is 6.72. The number of rotatable bonds is 4. The highest BCUT2D eigenvalue weighted by Gasteiger charge is 2.16. The van der Waals surface area contributed by atoms with E-state index in [1.807, 2.05) is 0 Å².